The highest BCUT2D eigenvalue weighted by atomic mass is 32.4. The molecule has 0 saturated heterocycles. The lowest BCUT2D eigenvalue weighted by molar-refractivity contribution is -0.136. The van der Waals surface area contributed by atoms with Gasteiger partial charge in [0.2, 0.25) is 7.36 Å². The Bertz CT molecular complexity index is 352. The fraction of sp³-hybridized carbons (Fsp3) is 0.933. The third-order valence-electron chi connectivity index (χ3n) is 4.71. The third-order valence-corrected chi connectivity index (χ3v) is 6.40. The molecule has 126 valence electrons. The maximum atomic E-state index is 11.0. The topological polar surface area (TPSA) is 73.4 Å². The second-order valence-corrected chi connectivity index (χ2v) is 8.12. The van der Waals surface area contributed by atoms with Crippen LogP contribution in [0.3, 0.4) is 0 Å². The molecule has 0 aliphatic heterocycles. The molecule has 0 radical (unpaired) electrons. The van der Waals surface area contributed by atoms with Crippen LogP contribution in [-0.4, -0.2) is 35.2 Å². The Hall–Kier alpha value is -0.130. The van der Waals surface area contributed by atoms with Gasteiger partial charge in [-0.05, 0) is 25.7 Å². The van der Waals surface area contributed by atoms with Crippen LogP contribution in [0.25, 0.3) is 0 Å². The number of carbonyl (C=O) groups is 1. The highest BCUT2D eigenvalue weighted by Gasteiger charge is 2.40. The predicted octanol–water partition coefficient (Wildman–Crippen LogP) is 2.26. The first-order chi connectivity index (χ1) is 10.6. The van der Waals surface area contributed by atoms with E-state index in [2.05, 4.69) is 16.0 Å². The van der Waals surface area contributed by atoms with Crippen molar-refractivity contribution in [2.24, 2.45) is 0 Å². The molecule has 7 heteroatoms. The Morgan fingerprint density at radius 1 is 1.00 bits per heavy atom. The number of rotatable bonds is 8. The van der Waals surface area contributed by atoms with Gasteiger partial charge in [-0.1, -0.05) is 38.5 Å². The molecule has 0 amide bonds. The van der Waals surface area contributed by atoms with Crippen molar-refractivity contribution in [2.75, 3.05) is 6.54 Å². The Balaban J connectivity index is 2.01. The lowest BCUT2D eigenvalue weighted by Crippen LogP contribution is -2.68. The van der Waals surface area contributed by atoms with E-state index in [9.17, 15) is 4.79 Å². The van der Waals surface area contributed by atoms with E-state index in [1.165, 1.54) is 38.5 Å². The molecular weight excluding hydrogens is 317 g/mol. The largest absolute Gasteiger partial charge is 0.480 e. The molecule has 0 aromatic heterocycles. The predicted molar refractivity (Wildman–Crippen MR) is 94.1 cm³/mol. The number of hydrogen-bond donors (Lipinski definition) is 4. The third kappa shape index (κ3) is 5.82. The van der Waals surface area contributed by atoms with Crippen LogP contribution in [0.5, 0.6) is 0 Å². The van der Waals surface area contributed by atoms with Crippen LogP contribution >= 0.6 is 7.36 Å². The van der Waals surface area contributed by atoms with Crippen LogP contribution in [0.4, 0.5) is 0 Å². The summed E-state index contributed by atoms with van der Waals surface area (Å²) in [6.45, 7) is -0.0664. The van der Waals surface area contributed by atoms with Crippen LogP contribution in [-0.2, 0) is 16.6 Å². The Morgan fingerprint density at radius 2 is 1.45 bits per heavy atom. The van der Waals surface area contributed by atoms with Gasteiger partial charge in [-0.25, -0.2) is 16.0 Å². The molecule has 0 spiro atoms. The van der Waals surface area contributed by atoms with Crippen molar-refractivity contribution in [3.05, 3.63) is 0 Å². The number of hydrogen-bond acceptors (Lipinski definition) is 5. The molecule has 0 heterocycles. The summed E-state index contributed by atoms with van der Waals surface area (Å²) in [5, 5.41) is 19.5. The van der Waals surface area contributed by atoms with E-state index >= 15 is 0 Å². The lowest BCUT2D eigenvalue weighted by Gasteiger charge is -2.36. The summed E-state index contributed by atoms with van der Waals surface area (Å²) in [5.74, 6) is -0.839. The van der Waals surface area contributed by atoms with Gasteiger partial charge in [-0.3, -0.25) is 4.79 Å². The summed E-state index contributed by atoms with van der Waals surface area (Å²) >= 11 is 5.42. The maximum Gasteiger partial charge on any atom is 0.317 e. The fourth-order valence-corrected chi connectivity index (χ4v) is 4.81. The summed E-state index contributed by atoms with van der Waals surface area (Å²) in [7, 11) is 0.154. The summed E-state index contributed by atoms with van der Waals surface area (Å²) in [5.41, 5.74) is -0.599. The first-order valence-electron chi connectivity index (χ1n) is 8.55. The van der Waals surface area contributed by atoms with E-state index in [-0.39, 0.29) is 13.9 Å². The van der Waals surface area contributed by atoms with Gasteiger partial charge in [-0.2, -0.15) is 0 Å². The van der Waals surface area contributed by atoms with Gasteiger partial charge < -0.3 is 5.11 Å². The minimum Gasteiger partial charge on any atom is -0.480 e. The zero-order valence-corrected chi connectivity index (χ0v) is 15.0. The molecule has 5 nitrogen and oxygen atoms in total. The Labute approximate surface area is 139 Å². The van der Waals surface area contributed by atoms with Gasteiger partial charge in [-0.15, -0.1) is 0 Å². The monoisotopic (exact) mass is 346 g/mol. The molecule has 2 saturated carbocycles. The molecule has 2 aliphatic rings. The van der Waals surface area contributed by atoms with Gasteiger partial charge in [0.1, 0.15) is 6.54 Å². The van der Waals surface area contributed by atoms with Crippen molar-refractivity contribution in [1.29, 1.82) is 0 Å². The van der Waals surface area contributed by atoms with E-state index in [1.807, 2.05) is 0 Å². The minimum atomic E-state index is -0.839. The average molecular weight is 346 g/mol. The van der Waals surface area contributed by atoms with E-state index in [4.69, 9.17) is 16.9 Å². The lowest BCUT2D eigenvalue weighted by atomic mass is 9.94. The molecule has 22 heavy (non-hydrogen) atoms. The fourth-order valence-electron chi connectivity index (χ4n) is 3.55. The van der Waals surface area contributed by atoms with E-state index in [0.717, 1.165) is 25.7 Å². The highest BCUT2D eigenvalue weighted by Crippen LogP contribution is 2.26. The molecule has 1 unspecified atom stereocenters. The molecule has 0 aromatic rings. The van der Waals surface area contributed by atoms with Crippen molar-refractivity contribution in [3.63, 3.8) is 0 Å². The molecule has 1 atom stereocenters. The average Bonchev–Trinajstić information content (AvgIpc) is 2.54. The van der Waals surface area contributed by atoms with Gasteiger partial charge in [0, 0.05) is 12.1 Å². The number of carboxylic acids is 1. The molecule has 4 N–H and O–H groups in total. The van der Waals surface area contributed by atoms with Crippen LogP contribution in [0.1, 0.15) is 64.2 Å². The van der Waals surface area contributed by atoms with Crippen LogP contribution in [0.15, 0.2) is 0 Å². The van der Waals surface area contributed by atoms with E-state index in [0.29, 0.717) is 12.1 Å². The quantitative estimate of drug-likeness (QED) is 0.399. The van der Waals surface area contributed by atoms with Crippen LogP contribution in [0.2, 0.25) is 0 Å². The second-order valence-electron chi connectivity index (χ2n) is 6.56. The van der Waals surface area contributed by atoms with Gasteiger partial charge >= 0.3 is 5.97 Å². The summed E-state index contributed by atoms with van der Waals surface area (Å²) in [6.07, 6.45) is 12.2. The van der Waals surface area contributed by atoms with Crippen molar-refractivity contribution in [3.8, 4) is 0 Å². The summed E-state index contributed by atoms with van der Waals surface area (Å²) in [6, 6.07) is 0.864. The van der Waals surface area contributed by atoms with E-state index in [1.54, 1.807) is 0 Å². The summed E-state index contributed by atoms with van der Waals surface area (Å²) < 4.78 is 0. The number of aliphatic carboxylic acids is 1. The van der Waals surface area contributed by atoms with E-state index < -0.39 is 11.5 Å². The smallest absolute Gasteiger partial charge is 0.317 e. The summed E-state index contributed by atoms with van der Waals surface area (Å²) in [4.78, 5) is 11.0. The van der Waals surface area contributed by atoms with Crippen LogP contribution in [0, 0.1) is 0 Å². The Kier molecular flexibility index (Phi) is 7.65. The molecule has 0 aromatic carbocycles. The Morgan fingerprint density at radius 3 is 1.82 bits per heavy atom. The minimum absolute atomic E-state index is 0.0664. The van der Waals surface area contributed by atoms with Gasteiger partial charge in [0.15, 0.2) is 11.8 Å². The van der Waals surface area contributed by atoms with Crippen molar-refractivity contribution in [2.45, 2.75) is 81.8 Å². The molecular formula is C15H29N3O2PS+. The van der Waals surface area contributed by atoms with Crippen molar-refractivity contribution in [1.82, 2.24) is 16.0 Å². The SMILES string of the molecule is O=C(O)CNC(NC1CCCCC1)(NC1CCCCC1)[PH+]=S. The highest BCUT2D eigenvalue weighted by molar-refractivity contribution is 7.97. The standard InChI is InChI=1S/C15H28N3O2PS/c19-14(20)11-16-15(21-22,17-12-7-3-1-4-8-12)18-13-9-5-2-6-10-13/h12-13,16-18H,1-11H2,(H,19,20)/p+1. The zero-order valence-electron chi connectivity index (χ0n) is 13.2. The second kappa shape index (κ2) is 9.24. The molecule has 0 bridgehead atoms. The van der Waals surface area contributed by atoms with Crippen LogP contribution < -0.4 is 16.0 Å². The molecule has 2 aliphatic carbocycles. The van der Waals surface area contributed by atoms with Gasteiger partial charge in [0.25, 0.3) is 5.53 Å². The number of nitrogens with one attached hydrogen (secondary N) is 3. The zero-order chi connectivity index (χ0) is 15.8. The number of carboxylic acid groups (broad SMARTS) is 1. The van der Waals surface area contributed by atoms with Crippen molar-refractivity contribution >= 4 is 25.1 Å². The normalized spacial score (nSPS) is 22.0. The first kappa shape index (κ1) is 18.2. The first-order valence-corrected chi connectivity index (χ1v) is 10.7. The van der Waals surface area contributed by atoms with Crippen molar-refractivity contribution < 1.29 is 9.90 Å². The maximum absolute atomic E-state index is 11.0. The molecule has 2 rings (SSSR count). The van der Waals surface area contributed by atoms with Gasteiger partial charge in [0.05, 0.1) is 0 Å². The molecule has 2 fully saturated rings.